The highest BCUT2D eigenvalue weighted by Gasteiger charge is 2.16. The SMILES string of the molecule is O=[N+]([O-])c1ccc(N(c2ccc(-c3ccc(-c4cccs4)s3)cc2)c2ccc(-c3ccc(-c4cccs4)s3)cc2)cc1. The number of hydrogen-bond acceptors (Lipinski definition) is 7. The summed E-state index contributed by atoms with van der Waals surface area (Å²) >= 11 is 7.08. The van der Waals surface area contributed by atoms with Gasteiger partial charge in [-0.15, -0.1) is 45.3 Å². The van der Waals surface area contributed by atoms with E-state index < -0.39 is 0 Å². The van der Waals surface area contributed by atoms with Crippen LogP contribution in [-0.2, 0) is 0 Å². The maximum absolute atomic E-state index is 11.3. The van der Waals surface area contributed by atoms with E-state index in [0.717, 1.165) is 28.2 Å². The van der Waals surface area contributed by atoms with Crippen LogP contribution in [-0.4, -0.2) is 4.92 Å². The van der Waals surface area contributed by atoms with E-state index in [2.05, 4.69) is 113 Å². The summed E-state index contributed by atoms with van der Waals surface area (Å²) in [6, 6.07) is 40.9. The molecule has 3 aromatic carbocycles. The molecule has 4 heterocycles. The van der Waals surface area contributed by atoms with Crippen molar-refractivity contribution in [2.45, 2.75) is 0 Å². The van der Waals surface area contributed by atoms with Crippen molar-refractivity contribution in [3.63, 3.8) is 0 Å². The van der Waals surface area contributed by atoms with Gasteiger partial charge in [-0.3, -0.25) is 10.1 Å². The summed E-state index contributed by atoms with van der Waals surface area (Å²) in [6.07, 6.45) is 0. The van der Waals surface area contributed by atoms with Crippen LogP contribution < -0.4 is 4.90 Å². The summed E-state index contributed by atoms with van der Waals surface area (Å²) in [5.74, 6) is 0. The van der Waals surface area contributed by atoms with Gasteiger partial charge in [-0.2, -0.15) is 0 Å². The predicted octanol–water partition coefficient (Wildman–Crippen LogP) is 12.0. The number of non-ortho nitro benzene ring substituents is 1. The number of nitro benzene ring substituents is 1. The van der Waals surface area contributed by atoms with Crippen molar-refractivity contribution in [2.75, 3.05) is 4.90 Å². The van der Waals surface area contributed by atoms with Crippen molar-refractivity contribution in [3.8, 4) is 40.4 Å². The molecule has 7 aromatic rings. The maximum Gasteiger partial charge on any atom is 0.269 e. The van der Waals surface area contributed by atoms with Crippen molar-refractivity contribution < 1.29 is 4.92 Å². The second-order valence-electron chi connectivity index (χ2n) is 9.49. The van der Waals surface area contributed by atoms with Gasteiger partial charge in [0.15, 0.2) is 0 Å². The molecule has 0 amide bonds. The molecule has 4 nitrogen and oxygen atoms in total. The summed E-state index contributed by atoms with van der Waals surface area (Å²) in [6.45, 7) is 0. The highest BCUT2D eigenvalue weighted by molar-refractivity contribution is 7.23. The Hall–Kier alpha value is -4.34. The standard InChI is InChI=1S/C34H22N2O2S4/c37-36(38)28-15-13-27(14-16-28)35(25-9-5-23(6-10-25)29-17-19-33(41-29)31-3-1-21-39-31)26-11-7-24(8-12-26)30-18-20-34(42-30)32-4-2-22-40-32/h1-22H. The van der Waals surface area contributed by atoms with Crippen LogP contribution in [0.25, 0.3) is 40.4 Å². The average molecular weight is 619 g/mol. The number of thiophene rings is 4. The maximum atomic E-state index is 11.3. The van der Waals surface area contributed by atoms with Crippen LogP contribution in [0.4, 0.5) is 22.7 Å². The highest BCUT2D eigenvalue weighted by Crippen LogP contribution is 2.41. The van der Waals surface area contributed by atoms with Crippen LogP contribution in [0, 0.1) is 10.1 Å². The molecule has 0 saturated heterocycles. The largest absolute Gasteiger partial charge is 0.310 e. The Bertz CT molecular complexity index is 1820. The van der Waals surface area contributed by atoms with Gasteiger partial charge in [-0.05, 0) is 94.7 Å². The van der Waals surface area contributed by atoms with Crippen molar-refractivity contribution in [2.24, 2.45) is 0 Å². The van der Waals surface area contributed by atoms with E-state index in [1.807, 2.05) is 0 Å². The molecular formula is C34H22N2O2S4. The van der Waals surface area contributed by atoms with Gasteiger partial charge in [0.25, 0.3) is 5.69 Å². The lowest BCUT2D eigenvalue weighted by Crippen LogP contribution is -2.09. The molecule has 42 heavy (non-hydrogen) atoms. The fraction of sp³-hybridized carbons (Fsp3) is 0. The fourth-order valence-corrected chi connectivity index (χ4v) is 8.50. The Balaban J connectivity index is 1.21. The topological polar surface area (TPSA) is 46.4 Å². The van der Waals surface area contributed by atoms with Crippen molar-refractivity contribution >= 4 is 68.1 Å². The Kier molecular flexibility index (Phi) is 7.27. The second kappa shape index (κ2) is 11.5. The van der Waals surface area contributed by atoms with E-state index in [9.17, 15) is 10.1 Å². The van der Waals surface area contributed by atoms with Gasteiger partial charge in [0.1, 0.15) is 0 Å². The van der Waals surface area contributed by atoms with Crippen molar-refractivity contribution in [1.82, 2.24) is 0 Å². The molecule has 0 aliphatic carbocycles. The summed E-state index contributed by atoms with van der Waals surface area (Å²) in [7, 11) is 0. The van der Waals surface area contributed by atoms with Gasteiger partial charge in [0.05, 0.1) is 4.92 Å². The third-order valence-corrected chi connectivity index (χ3v) is 11.3. The first-order valence-corrected chi connectivity index (χ1v) is 16.5. The van der Waals surface area contributed by atoms with Crippen LogP contribution in [0.5, 0.6) is 0 Å². The van der Waals surface area contributed by atoms with E-state index >= 15 is 0 Å². The fourth-order valence-electron chi connectivity index (χ4n) is 4.81. The Labute approximate surface area is 259 Å². The van der Waals surface area contributed by atoms with Crippen LogP contribution in [0.2, 0.25) is 0 Å². The predicted molar refractivity (Wildman–Crippen MR) is 181 cm³/mol. The number of hydrogen-bond donors (Lipinski definition) is 0. The van der Waals surface area contributed by atoms with E-state index in [0.29, 0.717) is 0 Å². The smallest absolute Gasteiger partial charge is 0.269 e. The zero-order chi connectivity index (χ0) is 28.5. The monoisotopic (exact) mass is 618 g/mol. The minimum absolute atomic E-state index is 0.0721. The summed E-state index contributed by atoms with van der Waals surface area (Å²) in [5.41, 5.74) is 5.20. The first kappa shape index (κ1) is 26.6. The van der Waals surface area contributed by atoms with Gasteiger partial charge < -0.3 is 4.90 Å². The summed E-state index contributed by atoms with van der Waals surface area (Å²) in [4.78, 5) is 20.6. The minimum atomic E-state index is -0.366. The molecule has 0 aliphatic rings. The number of rotatable bonds is 8. The molecule has 0 aliphatic heterocycles. The quantitative estimate of drug-likeness (QED) is 0.126. The lowest BCUT2D eigenvalue weighted by atomic mass is 10.1. The molecule has 0 fully saturated rings. The molecule has 4 aromatic heterocycles. The Morgan fingerprint density at radius 3 is 1.26 bits per heavy atom. The number of nitrogens with zero attached hydrogens (tertiary/aromatic N) is 2. The van der Waals surface area contributed by atoms with Crippen molar-refractivity contribution in [1.29, 1.82) is 0 Å². The minimum Gasteiger partial charge on any atom is -0.310 e. The molecule has 0 spiro atoms. The molecule has 7 rings (SSSR count). The molecular weight excluding hydrogens is 597 g/mol. The lowest BCUT2D eigenvalue weighted by Gasteiger charge is -2.25. The Morgan fingerprint density at radius 1 is 0.476 bits per heavy atom. The van der Waals surface area contributed by atoms with Gasteiger partial charge in [0.2, 0.25) is 0 Å². The average Bonchev–Trinajstić information content (AvgIpc) is 3.85. The second-order valence-corrected chi connectivity index (χ2v) is 13.5. The van der Waals surface area contributed by atoms with Gasteiger partial charge in [-0.1, -0.05) is 36.4 Å². The molecule has 0 unspecified atom stereocenters. The third kappa shape index (κ3) is 5.33. The molecule has 0 N–H and O–H groups in total. The van der Waals surface area contributed by atoms with Crippen LogP contribution in [0.1, 0.15) is 0 Å². The van der Waals surface area contributed by atoms with Crippen LogP contribution in [0.15, 0.2) is 132 Å². The zero-order valence-electron chi connectivity index (χ0n) is 22.0. The van der Waals surface area contributed by atoms with Crippen LogP contribution in [0.3, 0.4) is 0 Å². The van der Waals surface area contributed by atoms with Gasteiger partial charge in [-0.25, -0.2) is 0 Å². The number of anilines is 3. The number of nitro groups is 1. The first-order chi connectivity index (χ1) is 20.6. The number of benzene rings is 3. The third-order valence-electron chi connectivity index (χ3n) is 6.88. The molecule has 204 valence electrons. The molecule has 8 heteroatoms. The molecule has 0 atom stereocenters. The van der Waals surface area contributed by atoms with Gasteiger partial charge >= 0.3 is 0 Å². The molecule has 0 bridgehead atoms. The normalized spacial score (nSPS) is 11.0. The van der Waals surface area contributed by atoms with E-state index in [-0.39, 0.29) is 10.6 Å². The molecule has 0 saturated carbocycles. The Morgan fingerprint density at radius 2 is 0.881 bits per heavy atom. The van der Waals surface area contributed by atoms with E-state index in [4.69, 9.17) is 0 Å². The van der Waals surface area contributed by atoms with Crippen molar-refractivity contribution in [3.05, 3.63) is 142 Å². The summed E-state index contributed by atoms with van der Waals surface area (Å²) < 4.78 is 0. The lowest BCUT2D eigenvalue weighted by molar-refractivity contribution is -0.384. The van der Waals surface area contributed by atoms with Crippen LogP contribution >= 0.6 is 45.3 Å². The van der Waals surface area contributed by atoms with Gasteiger partial charge in [0, 0.05) is 58.5 Å². The van der Waals surface area contributed by atoms with E-state index in [1.165, 1.54) is 29.3 Å². The molecule has 0 radical (unpaired) electrons. The highest BCUT2D eigenvalue weighted by atomic mass is 32.1. The first-order valence-electron chi connectivity index (χ1n) is 13.2. The summed E-state index contributed by atoms with van der Waals surface area (Å²) in [5, 5.41) is 15.5. The zero-order valence-corrected chi connectivity index (χ0v) is 25.3. The van der Waals surface area contributed by atoms with E-state index in [1.54, 1.807) is 69.6 Å².